The second-order valence-corrected chi connectivity index (χ2v) is 6.50. The highest BCUT2D eigenvalue weighted by Gasteiger charge is 2.14. The van der Waals surface area contributed by atoms with Gasteiger partial charge in [0.2, 0.25) is 0 Å². The van der Waals surface area contributed by atoms with E-state index in [2.05, 4.69) is 65.6 Å². The minimum Gasteiger partial charge on any atom is -0.372 e. The van der Waals surface area contributed by atoms with Crippen LogP contribution in [0.25, 0.3) is 0 Å². The number of rotatable bonds is 5. The predicted molar refractivity (Wildman–Crippen MR) is 95.6 cm³/mol. The third-order valence-corrected chi connectivity index (χ3v) is 4.10. The topological polar surface area (TPSA) is 39.7 Å². The molecule has 0 aromatic heterocycles. The summed E-state index contributed by atoms with van der Waals surface area (Å²) in [5.74, 6) is 1.47. The average molecular weight is 302 g/mol. The van der Waals surface area contributed by atoms with E-state index in [1.165, 1.54) is 37.2 Å². The zero-order valence-corrected chi connectivity index (χ0v) is 14.4. The maximum Gasteiger partial charge on any atom is 0.191 e. The van der Waals surface area contributed by atoms with Crippen molar-refractivity contribution in [2.75, 3.05) is 31.6 Å². The van der Waals surface area contributed by atoms with Crippen molar-refractivity contribution in [3.8, 4) is 0 Å². The standard InChI is InChI=1S/C18H30N4/c1-14(2)13-20-18(19-4)21-15(3)16-8-7-9-17(12-16)22-10-5-6-11-22/h7-9,12,14-15H,5-6,10-11,13H2,1-4H3,(H2,19,20,21). The lowest BCUT2D eigenvalue weighted by Crippen LogP contribution is -2.40. The summed E-state index contributed by atoms with van der Waals surface area (Å²) in [6.07, 6.45) is 2.62. The highest BCUT2D eigenvalue weighted by Crippen LogP contribution is 2.23. The Balaban J connectivity index is 1.99. The van der Waals surface area contributed by atoms with Crippen LogP contribution in [0.1, 0.15) is 45.2 Å². The maximum atomic E-state index is 4.31. The SMILES string of the molecule is CN=C(NCC(C)C)NC(C)c1cccc(N2CCCC2)c1. The largest absolute Gasteiger partial charge is 0.372 e. The summed E-state index contributed by atoms with van der Waals surface area (Å²) in [5, 5.41) is 6.84. The Morgan fingerprint density at radius 2 is 1.95 bits per heavy atom. The van der Waals surface area contributed by atoms with Gasteiger partial charge in [-0.15, -0.1) is 0 Å². The number of nitrogens with one attached hydrogen (secondary N) is 2. The second kappa shape index (κ2) is 8.06. The molecule has 4 heteroatoms. The molecule has 22 heavy (non-hydrogen) atoms. The third kappa shape index (κ3) is 4.65. The summed E-state index contributed by atoms with van der Waals surface area (Å²) >= 11 is 0. The molecule has 0 radical (unpaired) electrons. The van der Waals surface area contributed by atoms with Gasteiger partial charge in [0.05, 0.1) is 6.04 Å². The molecule has 1 aliphatic heterocycles. The monoisotopic (exact) mass is 302 g/mol. The van der Waals surface area contributed by atoms with Crippen LogP contribution in [0.3, 0.4) is 0 Å². The molecule has 1 aromatic rings. The van der Waals surface area contributed by atoms with E-state index in [4.69, 9.17) is 0 Å². The number of benzene rings is 1. The van der Waals surface area contributed by atoms with Gasteiger partial charge < -0.3 is 15.5 Å². The molecule has 0 amide bonds. The highest BCUT2D eigenvalue weighted by molar-refractivity contribution is 5.80. The van der Waals surface area contributed by atoms with Crippen molar-refractivity contribution in [2.45, 2.75) is 39.7 Å². The average Bonchev–Trinajstić information content (AvgIpc) is 3.05. The predicted octanol–water partition coefficient (Wildman–Crippen LogP) is 3.17. The summed E-state index contributed by atoms with van der Waals surface area (Å²) in [6, 6.07) is 9.10. The number of anilines is 1. The van der Waals surface area contributed by atoms with Crippen LogP contribution < -0.4 is 15.5 Å². The molecule has 0 aliphatic carbocycles. The number of aliphatic imine (C=N–C) groups is 1. The fourth-order valence-corrected chi connectivity index (χ4v) is 2.75. The van der Waals surface area contributed by atoms with Gasteiger partial charge in [0, 0.05) is 32.4 Å². The molecule has 122 valence electrons. The molecule has 1 atom stereocenters. The molecule has 1 saturated heterocycles. The molecule has 1 unspecified atom stereocenters. The highest BCUT2D eigenvalue weighted by atomic mass is 15.2. The molecule has 0 bridgehead atoms. The van der Waals surface area contributed by atoms with Crippen molar-refractivity contribution >= 4 is 11.6 Å². The van der Waals surface area contributed by atoms with Crippen molar-refractivity contribution in [3.05, 3.63) is 29.8 Å². The Labute approximate surface area is 135 Å². The van der Waals surface area contributed by atoms with Gasteiger partial charge in [-0.3, -0.25) is 4.99 Å². The smallest absolute Gasteiger partial charge is 0.191 e. The zero-order valence-electron chi connectivity index (χ0n) is 14.4. The molecule has 0 spiro atoms. The molecule has 1 fully saturated rings. The molecule has 1 aliphatic rings. The first kappa shape index (κ1) is 16.7. The lowest BCUT2D eigenvalue weighted by molar-refractivity contribution is 0.602. The van der Waals surface area contributed by atoms with Gasteiger partial charge >= 0.3 is 0 Å². The van der Waals surface area contributed by atoms with Gasteiger partial charge in [-0.25, -0.2) is 0 Å². The number of hydrogen-bond donors (Lipinski definition) is 2. The quantitative estimate of drug-likeness (QED) is 0.648. The molecule has 1 heterocycles. The van der Waals surface area contributed by atoms with Gasteiger partial charge in [-0.2, -0.15) is 0 Å². The van der Waals surface area contributed by atoms with Crippen LogP contribution in [-0.2, 0) is 0 Å². The van der Waals surface area contributed by atoms with Gasteiger partial charge in [0.25, 0.3) is 0 Å². The minimum absolute atomic E-state index is 0.237. The summed E-state index contributed by atoms with van der Waals surface area (Å²) < 4.78 is 0. The van der Waals surface area contributed by atoms with Crippen LogP contribution in [0.4, 0.5) is 5.69 Å². The number of guanidine groups is 1. The second-order valence-electron chi connectivity index (χ2n) is 6.50. The van der Waals surface area contributed by atoms with Crippen LogP contribution in [0.15, 0.2) is 29.3 Å². The normalized spacial score (nSPS) is 17.0. The molecule has 4 nitrogen and oxygen atoms in total. The van der Waals surface area contributed by atoms with E-state index < -0.39 is 0 Å². The van der Waals surface area contributed by atoms with E-state index in [-0.39, 0.29) is 6.04 Å². The Morgan fingerprint density at radius 3 is 2.59 bits per heavy atom. The maximum absolute atomic E-state index is 4.31. The molecule has 2 N–H and O–H groups in total. The Hall–Kier alpha value is -1.71. The molecule has 1 aromatic carbocycles. The first-order valence-corrected chi connectivity index (χ1v) is 8.42. The van der Waals surface area contributed by atoms with Crippen molar-refractivity contribution in [1.29, 1.82) is 0 Å². The van der Waals surface area contributed by atoms with E-state index >= 15 is 0 Å². The van der Waals surface area contributed by atoms with Gasteiger partial charge in [0.1, 0.15) is 0 Å². The van der Waals surface area contributed by atoms with Crippen LogP contribution in [0, 0.1) is 5.92 Å². The zero-order chi connectivity index (χ0) is 15.9. The summed E-state index contributed by atoms with van der Waals surface area (Å²) in [4.78, 5) is 6.78. The van der Waals surface area contributed by atoms with Crippen LogP contribution in [-0.4, -0.2) is 32.6 Å². The van der Waals surface area contributed by atoms with E-state index in [0.717, 1.165) is 12.5 Å². The number of hydrogen-bond acceptors (Lipinski definition) is 2. The minimum atomic E-state index is 0.237. The summed E-state index contributed by atoms with van der Waals surface area (Å²) in [7, 11) is 1.82. The van der Waals surface area contributed by atoms with Crippen molar-refractivity contribution in [1.82, 2.24) is 10.6 Å². The van der Waals surface area contributed by atoms with Crippen molar-refractivity contribution < 1.29 is 0 Å². The van der Waals surface area contributed by atoms with Crippen molar-refractivity contribution in [3.63, 3.8) is 0 Å². The van der Waals surface area contributed by atoms with E-state index in [9.17, 15) is 0 Å². The fraction of sp³-hybridized carbons (Fsp3) is 0.611. The van der Waals surface area contributed by atoms with E-state index in [1.807, 2.05) is 7.05 Å². The molecule has 0 saturated carbocycles. The number of nitrogens with zero attached hydrogens (tertiary/aromatic N) is 2. The van der Waals surface area contributed by atoms with E-state index in [0.29, 0.717) is 5.92 Å². The van der Waals surface area contributed by atoms with Gasteiger partial charge in [0.15, 0.2) is 5.96 Å². The molecular formula is C18H30N4. The molecular weight excluding hydrogens is 272 g/mol. The summed E-state index contributed by atoms with van der Waals surface area (Å²) in [5.41, 5.74) is 2.64. The lowest BCUT2D eigenvalue weighted by Gasteiger charge is -2.22. The fourth-order valence-electron chi connectivity index (χ4n) is 2.75. The first-order valence-electron chi connectivity index (χ1n) is 8.42. The lowest BCUT2D eigenvalue weighted by atomic mass is 10.1. The van der Waals surface area contributed by atoms with Crippen LogP contribution >= 0.6 is 0 Å². The summed E-state index contributed by atoms with van der Waals surface area (Å²) in [6.45, 7) is 9.88. The Bertz CT molecular complexity index is 490. The van der Waals surface area contributed by atoms with Gasteiger partial charge in [-0.1, -0.05) is 26.0 Å². The van der Waals surface area contributed by atoms with E-state index in [1.54, 1.807) is 0 Å². The van der Waals surface area contributed by atoms with Crippen LogP contribution in [0.5, 0.6) is 0 Å². The third-order valence-electron chi connectivity index (χ3n) is 4.10. The van der Waals surface area contributed by atoms with Crippen molar-refractivity contribution in [2.24, 2.45) is 10.9 Å². The van der Waals surface area contributed by atoms with Crippen LogP contribution in [0.2, 0.25) is 0 Å². The molecule has 2 rings (SSSR count). The Morgan fingerprint density at radius 1 is 1.23 bits per heavy atom. The first-order chi connectivity index (χ1) is 10.6. The Kier molecular flexibility index (Phi) is 6.10. The van der Waals surface area contributed by atoms with Gasteiger partial charge in [-0.05, 0) is 43.4 Å².